The minimum atomic E-state index is 0.664. The molecule has 0 atom stereocenters. The van der Waals surface area contributed by atoms with Gasteiger partial charge in [0.25, 0.3) is 0 Å². The maximum Gasteiger partial charge on any atom is 0.191 e. The minimum absolute atomic E-state index is 0.664. The number of anilines is 1. The predicted octanol–water partition coefficient (Wildman–Crippen LogP) is 1.72. The monoisotopic (exact) mass is 432 g/mol. The van der Waals surface area contributed by atoms with Crippen molar-refractivity contribution in [3.63, 3.8) is 0 Å². The first kappa shape index (κ1) is 23.8. The molecule has 2 N–H and O–H groups in total. The largest absolute Gasteiger partial charge is 0.381 e. The van der Waals surface area contributed by atoms with Gasteiger partial charge in [0.2, 0.25) is 0 Å². The molecule has 0 radical (unpaired) electrons. The Hall–Kier alpha value is -1.90. The van der Waals surface area contributed by atoms with E-state index in [2.05, 4.69) is 49.5 Å². The van der Waals surface area contributed by atoms with Gasteiger partial charge in [-0.1, -0.05) is 6.92 Å². The summed E-state index contributed by atoms with van der Waals surface area (Å²) >= 11 is 0. The Balaban J connectivity index is 1.32. The van der Waals surface area contributed by atoms with Gasteiger partial charge in [0, 0.05) is 78.9 Å². The number of nitrogens with one attached hydrogen (secondary N) is 2. The van der Waals surface area contributed by atoms with Gasteiger partial charge >= 0.3 is 0 Å². The standard InChI is InChI=1S/C23H40N6O2/c1-3-28-10-12-29(13-11-28)22-17-21(5-9-25-22)18-27-23(24-2)26-8-4-14-31-19-20-6-15-30-16-7-20/h5,9,17,20H,3-4,6-8,10-16,18-19H2,1-2H3,(H2,24,26,27). The fourth-order valence-electron chi connectivity index (χ4n) is 3.99. The van der Waals surface area contributed by atoms with E-state index in [1.54, 1.807) is 0 Å². The number of piperazine rings is 1. The van der Waals surface area contributed by atoms with E-state index >= 15 is 0 Å². The van der Waals surface area contributed by atoms with Crippen molar-refractivity contribution in [2.75, 3.05) is 77.6 Å². The molecule has 2 saturated heterocycles. The molecule has 174 valence electrons. The number of likely N-dealkylation sites (N-methyl/N-ethyl adjacent to an activating group) is 1. The average molecular weight is 433 g/mol. The van der Waals surface area contributed by atoms with Crippen LogP contribution >= 0.6 is 0 Å². The number of ether oxygens (including phenoxy) is 2. The summed E-state index contributed by atoms with van der Waals surface area (Å²) in [5.41, 5.74) is 1.21. The summed E-state index contributed by atoms with van der Waals surface area (Å²) in [6.45, 7) is 12.6. The highest BCUT2D eigenvalue weighted by molar-refractivity contribution is 5.79. The van der Waals surface area contributed by atoms with Crippen LogP contribution in [0.4, 0.5) is 5.82 Å². The van der Waals surface area contributed by atoms with Crippen LogP contribution in [0.3, 0.4) is 0 Å². The van der Waals surface area contributed by atoms with E-state index in [4.69, 9.17) is 9.47 Å². The van der Waals surface area contributed by atoms with E-state index < -0.39 is 0 Å². The number of pyridine rings is 1. The normalized spacial score (nSPS) is 18.9. The molecule has 2 fully saturated rings. The molecule has 8 heteroatoms. The lowest BCUT2D eigenvalue weighted by Gasteiger charge is -2.34. The molecule has 0 aromatic carbocycles. The van der Waals surface area contributed by atoms with Crippen molar-refractivity contribution in [2.45, 2.75) is 32.7 Å². The van der Waals surface area contributed by atoms with Crippen LogP contribution in [-0.4, -0.2) is 88.6 Å². The average Bonchev–Trinajstić information content (AvgIpc) is 2.84. The Labute approximate surface area is 187 Å². The second kappa shape index (κ2) is 13.5. The second-order valence-electron chi connectivity index (χ2n) is 8.28. The SMILES string of the molecule is CCN1CCN(c2cc(CNC(=NC)NCCCOCC3CCOCC3)ccn2)CC1. The second-order valence-corrected chi connectivity index (χ2v) is 8.28. The summed E-state index contributed by atoms with van der Waals surface area (Å²) in [6, 6.07) is 4.25. The van der Waals surface area contributed by atoms with Gasteiger partial charge in [-0.15, -0.1) is 0 Å². The lowest BCUT2D eigenvalue weighted by atomic mass is 10.0. The zero-order chi connectivity index (χ0) is 21.7. The van der Waals surface area contributed by atoms with Crippen LogP contribution in [-0.2, 0) is 16.0 Å². The molecular weight excluding hydrogens is 392 g/mol. The zero-order valence-corrected chi connectivity index (χ0v) is 19.3. The lowest BCUT2D eigenvalue weighted by molar-refractivity contribution is 0.0203. The Morgan fingerprint density at radius 1 is 1.23 bits per heavy atom. The number of aromatic nitrogens is 1. The van der Waals surface area contributed by atoms with Crippen molar-refractivity contribution in [3.05, 3.63) is 23.9 Å². The van der Waals surface area contributed by atoms with Gasteiger partial charge in [-0.3, -0.25) is 4.99 Å². The van der Waals surface area contributed by atoms with Gasteiger partial charge in [-0.2, -0.15) is 0 Å². The minimum Gasteiger partial charge on any atom is -0.381 e. The van der Waals surface area contributed by atoms with Crippen LogP contribution in [0.25, 0.3) is 0 Å². The first-order valence-electron chi connectivity index (χ1n) is 11.8. The first-order chi connectivity index (χ1) is 15.3. The van der Waals surface area contributed by atoms with Crippen LogP contribution < -0.4 is 15.5 Å². The molecule has 2 aliphatic rings. The van der Waals surface area contributed by atoms with Crippen molar-refractivity contribution < 1.29 is 9.47 Å². The highest BCUT2D eigenvalue weighted by Gasteiger charge is 2.17. The number of hydrogen-bond donors (Lipinski definition) is 2. The summed E-state index contributed by atoms with van der Waals surface area (Å²) in [5, 5.41) is 6.78. The van der Waals surface area contributed by atoms with Crippen LogP contribution in [0.1, 0.15) is 31.7 Å². The Bertz CT molecular complexity index is 657. The third-order valence-corrected chi connectivity index (χ3v) is 6.09. The molecule has 1 aromatic rings. The van der Waals surface area contributed by atoms with Crippen molar-refractivity contribution >= 4 is 11.8 Å². The third-order valence-electron chi connectivity index (χ3n) is 6.09. The smallest absolute Gasteiger partial charge is 0.191 e. The van der Waals surface area contributed by atoms with Crippen molar-refractivity contribution in [1.29, 1.82) is 0 Å². The van der Waals surface area contributed by atoms with Gasteiger partial charge in [-0.05, 0) is 49.4 Å². The predicted molar refractivity (Wildman–Crippen MR) is 126 cm³/mol. The summed E-state index contributed by atoms with van der Waals surface area (Å²) in [5.74, 6) is 2.55. The maximum absolute atomic E-state index is 5.83. The van der Waals surface area contributed by atoms with Crippen LogP contribution in [0.15, 0.2) is 23.3 Å². The van der Waals surface area contributed by atoms with Crippen molar-refractivity contribution in [2.24, 2.45) is 10.9 Å². The van der Waals surface area contributed by atoms with E-state index in [1.165, 1.54) is 5.56 Å². The molecule has 0 saturated carbocycles. The topological polar surface area (TPSA) is 74.2 Å². The highest BCUT2D eigenvalue weighted by Crippen LogP contribution is 2.16. The molecule has 0 bridgehead atoms. The summed E-state index contributed by atoms with van der Waals surface area (Å²) in [4.78, 5) is 13.8. The fraction of sp³-hybridized carbons (Fsp3) is 0.739. The van der Waals surface area contributed by atoms with Gasteiger partial charge in [0.05, 0.1) is 0 Å². The van der Waals surface area contributed by atoms with Gasteiger partial charge < -0.3 is 29.9 Å². The highest BCUT2D eigenvalue weighted by atomic mass is 16.5. The van der Waals surface area contributed by atoms with Gasteiger partial charge in [0.1, 0.15) is 5.82 Å². The fourth-order valence-corrected chi connectivity index (χ4v) is 3.99. The van der Waals surface area contributed by atoms with E-state index in [1.807, 2.05) is 13.2 Å². The number of hydrogen-bond acceptors (Lipinski definition) is 6. The summed E-state index contributed by atoms with van der Waals surface area (Å²) in [6.07, 6.45) is 5.12. The Kier molecular flexibility index (Phi) is 10.3. The molecular formula is C23H40N6O2. The van der Waals surface area contributed by atoms with Crippen molar-refractivity contribution in [1.82, 2.24) is 20.5 Å². The van der Waals surface area contributed by atoms with Crippen LogP contribution in [0.2, 0.25) is 0 Å². The molecule has 0 amide bonds. The molecule has 31 heavy (non-hydrogen) atoms. The first-order valence-corrected chi connectivity index (χ1v) is 11.8. The van der Waals surface area contributed by atoms with Crippen LogP contribution in [0, 0.1) is 5.92 Å². The van der Waals surface area contributed by atoms with E-state index in [9.17, 15) is 0 Å². The van der Waals surface area contributed by atoms with Gasteiger partial charge in [-0.25, -0.2) is 4.98 Å². The number of nitrogens with zero attached hydrogens (tertiary/aromatic N) is 4. The van der Waals surface area contributed by atoms with E-state index in [-0.39, 0.29) is 0 Å². The van der Waals surface area contributed by atoms with E-state index in [0.29, 0.717) is 5.92 Å². The molecule has 0 aliphatic carbocycles. The third kappa shape index (κ3) is 8.27. The number of rotatable bonds is 10. The molecule has 8 nitrogen and oxygen atoms in total. The molecule has 2 aliphatic heterocycles. The van der Waals surface area contributed by atoms with Crippen molar-refractivity contribution in [3.8, 4) is 0 Å². The lowest BCUT2D eigenvalue weighted by Crippen LogP contribution is -2.46. The molecule has 1 aromatic heterocycles. The molecule has 0 spiro atoms. The Morgan fingerprint density at radius 2 is 2.03 bits per heavy atom. The quantitative estimate of drug-likeness (QED) is 0.331. The number of guanidine groups is 1. The summed E-state index contributed by atoms with van der Waals surface area (Å²) < 4.78 is 11.2. The summed E-state index contributed by atoms with van der Waals surface area (Å²) in [7, 11) is 1.81. The molecule has 0 unspecified atom stereocenters. The van der Waals surface area contributed by atoms with Gasteiger partial charge in [0.15, 0.2) is 5.96 Å². The number of aliphatic imine (C=N–C) groups is 1. The van der Waals surface area contributed by atoms with Crippen LogP contribution in [0.5, 0.6) is 0 Å². The zero-order valence-electron chi connectivity index (χ0n) is 19.3. The van der Waals surface area contributed by atoms with E-state index in [0.717, 1.165) is 103 Å². The maximum atomic E-state index is 5.83. The molecule has 3 heterocycles. The molecule has 3 rings (SSSR count). The Morgan fingerprint density at radius 3 is 2.77 bits per heavy atom.